The molecule has 0 atom stereocenters. The van der Waals surface area contributed by atoms with E-state index < -0.39 is 0 Å². The van der Waals surface area contributed by atoms with Gasteiger partial charge in [-0.2, -0.15) is 0 Å². The molecule has 1 saturated carbocycles. The van der Waals surface area contributed by atoms with Crippen molar-refractivity contribution in [3.8, 4) is 0 Å². The Hall–Kier alpha value is -2.36. The normalized spacial score (nSPS) is 15.7. The van der Waals surface area contributed by atoms with Gasteiger partial charge in [0, 0.05) is 11.7 Å². The van der Waals surface area contributed by atoms with Gasteiger partial charge in [-0.1, -0.05) is 43.9 Å². The summed E-state index contributed by atoms with van der Waals surface area (Å²) in [6.07, 6.45) is 8.85. The molecule has 0 aliphatic heterocycles. The van der Waals surface area contributed by atoms with E-state index in [4.69, 9.17) is 0 Å². The molecule has 1 aliphatic rings. The van der Waals surface area contributed by atoms with Gasteiger partial charge in [0.25, 0.3) is 5.91 Å². The van der Waals surface area contributed by atoms with Crippen molar-refractivity contribution in [1.29, 1.82) is 0 Å². The van der Waals surface area contributed by atoms with E-state index in [-0.39, 0.29) is 5.91 Å². The van der Waals surface area contributed by atoms with Gasteiger partial charge in [0.1, 0.15) is 5.69 Å². The number of anilines is 2. The summed E-state index contributed by atoms with van der Waals surface area (Å²) < 4.78 is 0. The van der Waals surface area contributed by atoms with Gasteiger partial charge in [-0.3, -0.25) is 4.79 Å². The van der Waals surface area contributed by atoms with Crippen LogP contribution in [0.4, 0.5) is 11.4 Å². The lowest BCUT2D eigenvalue weighted by Crippen LogP contribution is -2.34. The van der Waals surface area contributed by atoms with Crippen LogP contribution >= 0.6 is 0 Å². The molecule has 1 aromatic heterocycles. The van der Waals surface area contributed by atoms with Crippen molar-refractivity contribution in [2.24, 2.45) is 0 Å². The van der Waals surface area contributed by atoms with Crippen LogP contribution in [0.1, 0.15) is 49.0 Å². The fraction of sp³-hybridized carbons (Fsp3) is 0.368. The maximum absolute atomic E-state index is 12.3. The Kier molecular flexibility index (Phi) is 5.25. The molecular weight excluding hydrogens is 286 g/mol. The number of amides is 1. The molecule has 0 radical (unpaired) electrons. The molecule has 2 aromatic rings. The molecule has 0 bridgehead atoms. The van der Waals surface area contributed by atoms with Crippen LogP contribution in [0.15, 0.2) is 48.7 Å². The molecule has 4 nitrogen and oxygen atoms in total. The minimum Gasteiger partial charge on any atom is -0.354 e. The molecule has 1 aromatic carbocycles. The Morgan fingerprint density at radius 1 is 0.913 bits per heavy atom. The van der Waals surface area contributed by atoms with Crippen LogP contribution in [0.2, 0.25) is 0 Å². The minimum atomic E-state index is -0.0665. The number of hydrogen-bond acceptors (Lipinski definition) is 3. The number of pyridine rings is 1. The summed E-state index contributed by atoms with van der Waals surface area (Å²) >= 11 is 0. The van der Waals surface area contributed by atoms with Crippen molar-refractivity contribution in [3.05, 3.63) is 54.4 Å². The highest BCUT2D eigenvalue weighted by atomic mass is 16.1. The van der Waals surface area contributed by atoms with E-state index >= 15 is 0 Å². The standard InChI is InChI=1S/C19H23N3O/c23-19(22-16-10-4-1-2-5-11-16)18-13-12-17(14-20-18)21-15-8-6-3-7-9-15/h3,6-9,12-14,16,21H,1-2,4-5,10-11H2,(H,22,23). The third kappa shape index (κ3) is 4.55. The topological polar surface area (TPSA) is 54.0 Å². The number of para-hydroxylation sites is 1. The summed E-state index contributed by atoms with van der Waals surface area (Å²) in [7, 11) is 0. The lowest BCUT2D eigenvalue weighted by molar-refractivity contribution is 0.0928. The van der Waals surface area contributed by atoms with E-state index in [1.54, 1.807) is 12.3 Å². The summed E-state index contributed by atoms with van der Waals surface area (Å²) in [5.74, 6) is -0.0665. The Balaban J connectivity index is 1.58. The number of nitrogens with zero attached hydrogens (tertiary/aromatic N) is 1. The van der Waals surface area contributed by atoms with Crippen LogP contribution < -0.4 is 10.6 Å². The van der Waals surface area contributed by atoms with Gasteiger partial charge >= 0.3 is 0 Å². The van der Waals surface area contributed by atoms with Crippen molar-refractivity contribution in [2.45, 2.75) is 44.6 Å². The lowest BCUT2D eigenvalue weighted by atomic mass is 10.1. The van der Waals surface area contributed by atoms with Crippen molar-refractivity contribution < 1.29 is 4.79 Å². The van der Waals surface area contributed by atoms with E-state index in [1.165, 1.54) is 25.7 Å². The number of hydrogen-bond donors (Lipinski definition) is 2. The fourth-order valence-corrected chi connectivity index (χ4v) is 2.97. The SMILES string of the molecule is O=C(NC1CCCCCC1)c1ccc(Nc2ccccc2)cn1. The highest BCUT2D eigenvalue weighted by Crippen LogP contribution is 2.18. The maximum atomic E-state index is 12.3. The number of benzene rings is 1. The van der Waals surface area contributed by atoms with Crippen LogP contribution in [0.5, 0.6) is 0 Å². The quantitative estimate of drug-likeness (QED) is 0.829. The Morgan fingerprint density at radius 2 is 1.65 bits per heavy atom. The number of carbonyl (C=O) groups is 1. The smallest absolute Gasteiger partial charge is 0.270 e. The molecule has 1 fully saturated rings. The molecule has 0 saturated heterocycles. The van der Waals surface area contributed by atoms with Gasteiger partial charge < -0.3 is 10.6 Å². The Bertz CT molecular complexity index is 617. The number of aromatic nitrogens is 1. The predicted octanol–water partition coefficient (Wildman–Crippen LogP) is 4.28. The van der Waals surface area contributed by atoms with Crippen LogP contribution in [-0.2, 0) is 0 Å². The molecule has 3 rings (SSSR count). The first-order valence-corrected chi connectivity index (χ1v) is 8.40. The van der Waals surface area contributed by atoms with E-state index in [0.717, 1.165) is 24.2 Å². The van der Waals surface area contributed by atoms with Crippen molar-refractivity contribution in [3.63, 3.8) is 0 Å². The second-order valence-electron chi connectivity index (χ2n) is 6.09. The highest BCUT2D eigenvalue weighted by molar-refractivity contribution is 5.92. The van der Waals surface area contributed by atoms with Gasteiger partial charge in [-0.05, 0) is 37.1 Å². The number of carbonyl (C=O) groups excluding carboxylic acids is 1. The average molecular weight is 309 g/mol. The third-order valence-electron chi connectivity index (χ3n) is 4.25. The van der Waals surface area contributed by atoms with E-state index in [0.29, 0.717) is 11.7 Å². The molecule has 0 spiro atoms. The summed E-state index contributed by atoms with van der Waals surface area (Å²) in [6.45, 7) is 0. The van der Waals surface area contributed by atoms with E-state index in [1.807, 2.05) is 36.4 Å². The van der Waals surface area contributed by atoms with Gasteiger partial charge in [-0.15, -0.1) is 0 Å². The first-order valence-electron chi connectivity index (χ1n) is 8.40. The summed E-state index contributed by atoms with van der Waals surface area (Å²) in [6, 6.07) is 13.9. The van der Waals surface area contributed by atoms with Crippen LogP contribution in [-0.4, -0.2) is 16.9 Å². The van der Waals surface area contributed by atoms with Gasteiger partial charge in [0.15, 0.2) is 0 Å². The lowest BCUT2D eigenvalue weighted by Gasteiger charge is -2.16. The minimum absolute atomic E-state index is 0.0665. The predicted molar refractivity (Wildman–Crippen MR) is 92.9 cm³/mol. The highest BCUT2D eigenvalue weighted by Gasteiger charge is 2.16. The van der Waals surface area contributed by atoms with Crippen molar-refractivity contribution in [2.75, 3.05) is 5.32 Å². The Labute approximate surface area is 137 Å². The molecular formula is C19H23N3O. The molecule has 4 heteroatoms. The summed E-state index contributed by atoms with van der Waals surface area (Å²) in [5.41, 5.74) is 2.36. The molecule has 2 N–H and O–H groups in total. The molecule has 1 heterocycles. The van der Waals surface area contributed by atoms with Gasteiger partial charge in [0.05, 0.1) is 11.9 Å². The number of nitrogens with one attached hydrogen (secondary N) is 2. The van der Waals surface area contributed by atoms with Crippen LogP contribution in [0.3, 0.4) is 0 Å². The summed E-state index contributed by atoms with van der Waals surface area (Å²) in [5, 5.41) is 6.39. The van der Waals surface area contributed by atoms with Gasteiger partial charge in [0.2, 0.25) is 0 Å². The van der Waals surface area contributed by atoms with Crippen molar-refractivity contribution >= 4 is 17.3 Å². The third-order valence-corrected chi connectivity index (χ3v) is 4.25. The van der Waals surface area contributed by atoms with Crippen LogP contribution in [0, 0.1) is 0 Å². The second kappa shape index (κ2) is 7.77. The fourth-order valence-electron chi connectivity index (χ4n) is 2.97. The largest absolute Gasteiger partial charge is 0.354 e. The Morgan fingerprint density at radius 3 is 2.30 bits per heavy atom. The molecule has 0 unspecified atom stereocenters. The zero-order valence-electron chi connectivity index (χ0n) is 13.3. The number of rotatable bonds is 4. The van der Waals surface area contributed by atoms with Crippen LogP contribution in [0.25, 0.3) is 0 Å². The summed E-state index contributed by atoms with van der Waals surface area (Å²) in [4.78, 5) is 16.6. The zero-order valence-corrected chi connectivity index (χ0v) is 13.3. The molecule has 1 amide bonds. The average Bonchev–Trinajstić information content (AvgIpc) is 2.85. The maximum Gasteiger partial charge on any atom is 0.270 e. The van der Waals surface area contributed by atoms with E-state index in [9.17, 15) is 4.79 Å². The first-order chi connectivity index (χ1) is 11.3. The van der Waals surface area contributed by atoms with Crippen molar-refractivity contribution in [1.82, 2.24) is 10.3 Å². The molecule has 23 heavy (non-hydrogen) atoms. The monoisotopic (exact) mass is 309 g/mol. The van der Waals surface area contributed by atoms with Gasteiger partial charge in [-0.25, -0.2) is 4.98 Å². The first kappa shape index (κ1) is 15.5. The van der Waals surface area contributed by atoms with E-state index in [2.05, 4.69) is 15.6 Å². The molecule has 120 valence electrons. The second-order valence-corrected chi connectivity index (χ2v) is 6.09. The molecule has 1 aliphatic carbocycles. The zero-order chi connectivity index (χ0) is 15.9.